The second-order valence-electron chi connectivity index (χ2n) is 4.44. The van der Waals surface area contributed by atoms with Crippen molar-refractivity contribution in [3.05, 3.63) is 27.7 Å². The minimum absolute atomic E-state index is 0.572. The lowest BCUT2D eigenvalue weighted by molar-refractivity contribution is 0.405. The van der Waals surface area contributed by atoms with Crippen LogP contribution in [0.15, 0.2) is 12.1 Å². The van der Waals surface area contributed by atoms with Crippen molar-refractivity contribution in [3.8, 4) is 5.75 Å². The summed E-state index contributed by atoms with van der Waals surface area (Å²) < 4.78 is 5.32. The first-order chi connectivity index (χ1) is 8.20. The molecule has 0 atom stereocenters. The summed E-state index contributed by atoms with van der Waals surface area (Å²) in [6, 6.07) is 4.24. The summed E-state index contributed by atoms with van der Waals surface area (Å²) in [6.45, 7) is 0.758. The third-order valence-corrected chi connectivity index (χ3v) is 3.72. The summed E-state index contributed by atoms with van der Waals surface area (Å²) in [6.07, 6.45) is 5.17. The number of methoxy groups -OCH3 is 1. The second-order valence-corrected chi connectivity index (χ2v) is 5.29. The van der Waals surface area contributed by atoms with Crippen LogP contribution in [0.4, 0.5) is 0 Å². The second kappa shape index (κ2) is 5.94. The molecular weight excluding hydrogens is 257 g/mol. The first-order valence-corrected chi connectivity index (χ1v) is 6.71. The van der Waals surface area contributed by atoms with Gasteiger partial charge >= 0.3 is 0 Å². The molecule has 17 heavy (non-hydrogen) atoms. The van der Waals surface area contributed by atoms with Crippen molar-refractivity contribution in [1.29, 1.82) is 0 Å². The van der Waals surface area contributed by atoms with Crippen LogP contribution < -0.4 is 10.1 Å². The zero-order valence-electron chi connectivity index (χ0n) is 9.93. The molecule has 2 rings (SSSR count). The molecular formula is C13H17Cl2NO. The Kier molecular flexibility index (Phi) is 4.55. The Labute approximate surface area is 112 Å². The smallest absolute Gasteiger partial charge is 0.142 e. The molecule has 0 radical (unpaired) electrons. The molecule has 1 aliphatic rings. The third kappa shape index (κ3) is 3.27. The van der Waals surface area contributed by atoms with E-state index in [2.05, 4.69) is 5.32 Å². The minimum Gasteiger partial charge on any atom is -0.495 e. The lowest BCUT2D eigenvalue weighted by Gasteiger charge is -2.15. The molecule has 1 aromatic rings. The zero-order chi connectivity index (χ0) is 12.3. The van der Waals surface area contributed by atoms with E-state index in [1.807, 2.05) is 6.07 Å². The minimum atomic E-state index is 0.572. The average molecular weight is 274 g/mol. The van der Waals surface area contributed by atoms with Gasteiger partial charge in [-0.05, 0) is 25.0 Å². The maximum absolute atomic E-state index is 6.09. The summed E-state index contributed by atoms with van der Waals surface area (Å²) in [4.78, 5) is 0. The van der Waals surface area contributed by atoms with Crippen molar-refractivity contribution in [2.45, 2.75) is 38.3 Å². The average Bonchev–Trinajstić information content (AvgIpc) is 2.78. The van der Waals surface area contributed by atoms with Gasteiger partial charge < -0.3 is 10.1 Å². The Morgan fingerprint density at radius 2 is 2.00 bits per heavy atom. The van der Waals surface area contributed by atoms with Crippen LogP contribution in [0, 0.1) is 0 Å². The Morgan fingerprint density at radius 3 is 2.65 bits per heavy atom. The SMILES string of the molecule is COc1c(Cl)cc(Cl)cc1CNC1CCCC1. The normalized spacial score (nSPS) is 16.4. The molecule has 1 saturated carbocycles. The maximum Gasteiger partial charge on any atom is 0.142 e. The Bertz CT molecular complexity index is 389. The van der Waals surface area contributed by atoms with Crippen LogP contribution in [0.5, 0.6) is 5.75 Å². The van der Waals surface area contributed by atoms with Gasteiger partial charge in [-0.25, -0.2) is 0 Å². The van der Waals surface area contributed by atoms with E-state index < -0.39 is 0 Å². The van der Waals surface area contributed by atoms with Gasteiger partial charge in [0.15, 0.2) is 0 Å². The van der Waals surface area contributed by atoms with Gasteiger partial charge in [0.05, 0.1) is 12.1 Å². The molecule has 0 heterocycles. The molecule has 0 spiro atoms. The fourth-order valence-corrected chi connectivity index (χ4v) is 2.97. The fraction of sp³-hybridized carbons (Fsp3) is 0.538. The molecule has 0 saturated heterocycles. The molecule has 0 bridgehead atoms. The van der Waals surface area contributed by atoms with Gasteiger partial charge in [-0.2, -0.15) is 0 Å². The van der Waals surface area contributed by atoms with Crippen molar-refractivity contribution in [1.82, 2.24) is 5.32 Å². The van der Waals surface area contributed by atoms with Crippen molar-refractivity contribution in [3.63, 3.8) is 0 Å². The van der Waals surface area contributed by atoms with Crippen molar-refractivity contribution in [2.24, 2.45) is 0 Å². The summed E-state index contributed by atoms with van der Waals surface area (Å²) in [5.74, 6) is 0.724. The largest absolute Gasteiger partial charge is 0.495 e. The summed E-state index contributed by atoms with van der Waals surface area (Å²) in [5.41, 5.74) is 1.02. The summed E-state index contributed by atoms with van der Waals surface area (Å²) in [7, 11) is 1.63. The Hall–Kier alpha value is -0.440. The van der Waals surface area contributed by atoms with E-state index in [0.717, 1.165) is 17.9 Å². The highest BCUT2D eigenvalue weighted by molar-refractivity contribution is 6.35. The molecule has 1 aromatic carbocycles. The molecule has 0 aliphatic heterocycles. The molecule has 94 valence electrons. The van der Waals surface area contributed by atoms with Crippen LogP contribution in [0.25, 0.3) is 0 Å². The molecule has 1 N–H and O–H groups in total. The van der Waals surface area contributed by atoms with Gasteiger partial charge in [-0.15, -0.1) is 0 Å². The number of halogens is 2. The maximum atomic E-state index is 6.09. The van der Waals surface area contributed by atoms with Gasteiger partial charge in [0.1, 0.15) is 5.75 Å². The predicted molar refractivity (Wildman–Crippen MR) is 72.1 cm³/mol. The number of hydrogen-bond acceptors (Lipinski definition) is 2. The number of ether oxygens (including phenoxy) is 1. The standard InChI is InChI=1S/C13H17Cl2NO/c1-17-13-9(6-10(14)7-12(13)15)8-16-11-4-2-3-5-11/h6-7,11,16H,2-5,8H2,1H3. The highest BCUT2D eigenvalue weighted by Gasteiger charge is 2.16. The Morgan fingerprint density at radius 1 is 1.29 bits per heavy atom. The van der Waals surface area contributed by atoms with Crippen molar-refractivity contribution < 1.29 is 4.74 Å². The lowest BCUT2D eigenvalue weighted by Crippen LogP contribution is -2.25. The van der Waals surface area contributed by atoms with Crippen LogP contribution in [0.2, 0.25) is 10.0 Å². The number of benzene rings is 1. The summed E-state index contributed by atoms with van der Waals surface area (Å²) >= 11 is 12.1. The van der Waals surface area contributed by atoms with E-state index in [9.17, 15) is 0 Å². The first kappa shape index (κ1) is 13.0. The van der Waals surface area contributed by atoms with E-state index >= 15 is 0 Å². The molecule has 0 unspecified atom stereocenters. The quantitative estimate of drug-likeness (QED) is 0.894. The highest BCUT2D eigenvalue weighted by Crippen LogP contribution is 2.32. The van der Waals surface area contributed by atoms with Crippen LogP contribution in [0.1, 0.15) is 31.2 Å². The summed E-state index contributed by atoms with van der Waals surface area (Å²) in [5, 5.41) is 4.75. The van der Waals surface area contributed by atoms with Gasteiger partial charge in [0, 0.05) is 23.2 Å². The van der Waals surface area contributed by atoms with E-state index in [1.165, 1.54) is 25.7 Å². The molecule has 0 aromatic heterocycles. The van der Waals surface area contributed by atoms with Gasteiger partial charge in [-0.3, -0.25) is 0 Å². The van der Waals surface area contributed by atoms with Gasteiger partial charge in [0.25, 0.3) is 0 Å². The Balaban J connectivity index is 2.07. The fourth-order valence-electron chi connectivity index (χ4n) is 2.36. The number of hydrogen-bond donors (Lipinski definition) is 1. The lowest BCUT2D eigenvalue weighted by atomic mass is 10.1. The van der Waals surface area contributed by atoms with Crippen molar-refractivity contribution in [2.75, 3.05) is 7.11 Å². The van der Waals surface area contributed by atoms with Crippen molar-refractivity contribution >= 4 is 23.2 Å². The van der Waals surface area contributed by atoms with Gasteiger partial charge in [-0.1, -0.05) is 36.0 Å². The molecule has 1 aliphatic carbocycles. The van der Waals surface area contributed by atoms with Gasteiger partial charge in [0.2, 0.25) is 0 Å². The van der Waals surface area contributed by atoms with E-state index in [0.29, 0.717) is 16.1 Å². The van der Waals surface area contributed by atoms with Crippen LogP contribution in [-0.4, -0.2) is 13.2 Å². The predicted octanol–water partition coefficient (Wildman–Crippen LogP) is 4.03. The highest BCUT2D eigenvalue weighted by atomic mass is 35.5. The molecule has 2 nitrogen and oxygen atoms in total. The first-order valence-electron chi connectivity index (χ1n) is 5.96. The monoisotopic (exact) mass is 273 g/mol. The van der Waals surface area contributed by atoms with Crippen LogP contribution in [-0.2, 0) is 6.54 Å². The van der Waals surface area contributed by atoms with E-state index in [1.54, 1.807) is 13.2 Å². The van der Waals surface area contributed by atoms with Crippen LogP contribution >= 0.6 is 23.2 Å². The zero-order valence-corrected chi connectivity index (χ0v) is 11.4. The van der Waals surface area contributed by atoms with E-state index in [4.69, 9.17) is 27.9 Å². The molecule has 4 heteroatoms. The number of nitrogens with one attached hydrogen (secondary N) is 1. The van der Waals surface area contributed by atoms with E-state index in [-0.39, 0.29) is 0 Å². The molecule has 1 fully saturated rings. The third-order valence-electron chi connectivity index (χ3n) is 3.23. The topological polar surface area (TPSA) is 21.3 Å². The molecule has 0 amide bonds. The van der Waals surface area contributed by atoms with Crippen LogP contribution in [0.3, 0.4) is 0 Å². The number of rotatable bonds is 4.